The van der Waals surface area contributed by atoms with E-state index in [1.807, 2.05) is 43.6 Å². The lowest BCUT2D eigenvalue weighted by molar-refractivity contribution is 1.14. The fourth-order valence-corrected chi connectivity index (χ4v) is 2.12. The van der Waals surface area contributed by atoms with Crippen LogP contribution in [0.25, 0.3) is 10.4 Å². The predicted molar refractivity (Wildman–Crippen MR) is 72.0 cm³/mol. The summed E-state index contributed by atoms with van der Waals surface area (Å²) in [5, 5.41) is 0.769. The SMILES string of the molecule is CCN.Cc1ncsc1-c1ccc(Cl)cc1. The number of nitrogens with two attached hydrogens (primary N) is 1. The van der Waals surface area contributed by atoms with Gasteiger partial charge in [-0.05, 0) is 31.2 Å². The first-order valence-electron chi connectivity index (χ1n) is 5.05. The summed E-state index contributed by atoms with van der Waals surface area (Å²) in [5.74, 6) is 0. The molecule has 1 aromatic heterocycles. The van der Waals surface area contributed by atoms with Gasteiger partial charge in [-0.1, -0.05) is 30.7 Å². The molecule has 0 saturated heterocycles. The highest BCUT2D eigenvalue weighted by atomic mass is 35.5. The van der Waals surface area contributed by atoms with Crippen LogP contribution in [-0.2, 0) is 0 Å². The Morgan fingerprint density at radius 1 is 1.31 bits per heavy atom. The molecule has 0 aliphatic heterocycles. The Morgan fingerprint density at radius 2 is 1.88 bits per heavy atom. The third-order valence-corrected chi connectivity index (χ3v) is 3.08. The Kier molecular flexibility index (Phi) is 5.46. The molecule has 16 heavy (non-hydrogen) atoms. The van der Waals surface area contributed by atoms with E-state index in [2.05, 4.69) is 4.98 Å². The molecule has 2 rings (SSSR count). The second-order valence-electron chi connectivity index (χ2n) is 3.18. The second kappa shape index (κ2) is 6.63. The number of rotatable bonds is 1. The molecule has 0 unspecified atom stereocenters. The van der Waals surface area contributed by atoms with Crippen LogP contribution in [0.5, 0.6) is 0 Å². The number of benzene rings is 1. The van der Waals surface area contributed by atoms with Gasteiger partial charge in [0.25, 0.3) is 0 Å². The van der Waals surface area contributed by atoms with Gasteiger partial charge in [0.15, 0.2) is 0 Å². The lowest BCUT2D eigenvalue weighted by Crippen LogP contribution is -1.87. The van der Waals surface area contributed by atoms with E-state index >= 15 is 0 Å². The average Bonchev–Trinajstić information content (AvgIpc) is 2.67. The van der Waals surface area contributed by atoms with Gasteiger partial charge >= 0.3 is 0 Å². The molecule has 2 aromatic rings. The molecule has 0 atom stereocenters. The van der Waals surface area contributed by atoms with E-state index in [-0.39, 0.29) is 0 Å². The summed E-state index contributed by atoms with van der Waals surface area (Å²) in [6, 6.07) is 7.83. The van der Waals surface area contributed by atoms with E-state index < -0.39 is 0 Å². The lowest BCUT2D eigenvalue weighted by atomic mass is 10.2. The van der Waals surface area contributed by atoms with Crippen LogP contribution < -0.4 is 5.73 Å². The minimum atomic E-state index is 0.750. The zero-order chi connectivity index (χ0) is 12.0. The Hall–Kier alpha value is -0.900. The maximum absolute atomic E-state index is 5.80. The van der Waals surface area contributed by atoms with Crippen LogP contribution in [0.1, 0.15) is 12.6 Å². The van der Waals surface area contributed by atoms with Gasteiger partial charge in [0.05, 0.1) is 16.1 Å². The van der Waals surface area contributed by atoms with Crippen LogP contribution in [-0.4, -0.2) is 11.5 Å². The van der Waals surface area contributed by atoms with E-state index in [0.717, 1.165) is 17.3 Å². The third kappa shape index (κ3) is 3.59. The van der Waals surface area contributed by atoms with Crippen molar-refractivity contribution in [3.63, 3.8) is 0 Å². The number of aromatic nitrogens is 1. The zero-order valence-electron chi connectivity index (χ0n) is 9.40. The summed E-state index contributed by atoms with van der Waals surface area (Å²) in [4.78, 5) is 5.42. The van der Waals surface area contributed by atoms with Crippen molar-refractivity contribution in [3.8, 4) is 10.4 Å². The van der Waals surface area contributed by atoms with Gasteiger partial charge in [0.2, 0.25) is 0 Å². The Balaban J connectivity index is 0.000000386. The maximum Gasteiger partial charge on any atom is 0.0801 e. The first kappa shape index (κ1) is 13.2. The molecule has 1 heterocycles. The summed E-state index contributed by atoms with van der Waals surface area (Å²) < 4.78 is 0. The highest BCUT2D eigenvalue weighted by Crippen LogP contribution is 2.27. The molecule has 0 radical (unpaired) electrons. The third-order valence-electron chi connectivity index (χ3n) is 1.85. The van der Waals surface area contributed by atoms with Gasteiger partial charge < -0.3 is 5.73 Å². The molecule has 0 spiro atoms. The molecular formula is C12H15ClN2S. The van der Waals surface area contributed by atoms with Gasteiger partial charge in [-0.2, -0.15) is 0 Å². The molecule has 0 aliphatic rings. The van der Waals surface area contributed by atoms with Gasteiger partial charge in [0, 0.05) is 5.02 Å². The molecule has 1 aromatic carbocycles. The summed E-state index contributed by atoms with van der Waals surface area (Å²) >= 11 is 7.45. The monoisotopic (exact) mass is 254 g/mol. The first-order valence-corrected chi connectivity index (χ1v) is 6.30. The summed E-state index contributed by atoms with van der Waals surface area (Å²) in [6.07, 6.45) is 0. The fourth-order valence-electron chi connectivity index (χ4n) is 1.18. The molecular weight excluding hydrogens is 240 g/mol. The summed E-state index contributed by atoms with van der Waals surface area (Å²) in [7, 11) is 0. The smallest absolute Gasteiger partial charge is 0.0801 e. The molecule has 0 aliphatic carbocycles. The number of hydrogen-bond acceptors (Lipinski definition) is 3. The lowest BCUT2D eigenvalue weighted by Gasteiger charge is -1.97. The zero-order valence-corrected chi connectivity index (χ0v) is 11.0. The van der Waals surface area contributed by atoms with Crippen molar-refractivity contribution in [1.29, 1.82) is 0 Å². The van der Waals surface area contributed by atoms with E-state index in [0.29, 0.717) is 0 Å². The quantitative estimate of drug-likeness (QED) is 0.842. The molecule has 4 heteroatoms. The summed E-state index contributed by atoms with van der Waals surface area (Å²) in [6.45, 7) is 4.67. The molecule has 0 amide bonds. The fraction of sp³-hybridized carbons (Fsp3) is 0.250. The molecule has 2 N–H and O–H groups in total. The van der Waals surface area contributed by atoms with Gasteiger partial charge in [-0.15, -0.1) is 11.3 Å². The number of halogens is 1. The van der Waals surface area contributed by atoms with Crippen molar-refractivity contribution in [2.75, 3.05) is 6.54 Å². The van der Waals surface area contributed by atoms with Crippen molar-refractivity contribution in [3.05, 3.63) is 40.5 Å². The summed E-state index contributed by atoms with van der Waals surface area (Å²) in [5.41, 5.74) is 8.97. The van der Waals surface area contributed by atoms with Crippen molar-refractivity contribution in [2.45, 2.75) is 13.8 Å². The Labute approximate surface area is 105 Å². The molecule has 0 bridgehead atoms. The van der Waals surface area contributed by atoms with E-state index in [9.17, 15) is 0 Å². The van der Waals surface area contributed by atoms with Crippen molar-refractivity contribution < 1.29 is 0 Å². The standard InChI is InChI=1S/C10H8ClNS.C2H7N/c1-7-10(13-6-12-7)8-2-4-9(11)5-3-8;1-2-3/h2-6H,1H3;2-3H2,1H3. The maximum atomic E-state index is 5.80. The largest absolute Gasteiger partial charge is 0.331 e. The second-order valence-corrected chi connectivity index (χ2v) is 4.47. The van der Waals surface area contributed by atoms with Crippen molar-refractivity contribution >= 4 is 22.9 Å². The normalized spacial score (nSPS) is 9.50. The van der Waals surface area contributed by atoms with Crippen molar-refractivity contribution in [2.24, 2.45) is 5.73 Å². The Bertz CT molecular complexity index is 423. The van der Waals surface area contributed by atoms with Crippen molar-refractivity contribution in [1.82, 2.24) is 4.98 Å². The number of aryl methyl sites for hydroxylation is 1. The first-order chi connectivity index (χ1) is 7.69. The van der Waals surface area contributed by atoms with Gasteiger partial charge in [-0.25, -0.2) is 4.98 Å². The minimum Gasteiger partial charge on any atom is -0.331 e. The van der Waals surface area contributed by atoms with Crippen LogP contribution in [0.3, 0.4) is 0 Å². The molecule has 2 nitrogen and oxygen atoms in total. The van der Waals surface area contributed by atoms with Gasteiger partial charge in [-0.3, -0.25) is 0 Å². The predicted octanol–water partition coefficient (Wildman–Crippen LogP) is 3.74. The average molecular weight is 255 g/mol. The number of thiazole rings is 1. The van der Waals surface area contributed by atoms with Crippen LogP contribution in [0, 0.1) is 6.92 Å². The number of hydrogen-bond donors (Lipinski definition) is 1. The highest BCUT2D eigenvalue weighted by molar-refractivity contribution is 7.13. The topological polar surface area (TPSA) is 38.9 Å². The van der Waals surface area contributed by atoms with E-state index in [1.54, 1.807) is 11.3 Å². The molecule has 86 valence electrons. The molecule has 0 fully saturated rings. The highest BCUT2D eigenvalue weighted by Gasteiger charge is 2.03. The van der Waals surface area contributed by atoms with E-state index in [1.165, 1.54) is 10.4 Å². The van der Waals surface area contributed by atoms with Gasteiger partial charge in [0.1, 0.15) is 0 Å². The van der Waals surface area contributed by atoms with Crippen LogP contribution in [0.15, 0.2) is 29.8 Å². The van der Waals surface area contributed by atoms with E-state index in [4.69, 9.17) is 17.3 Å². The Morgan fingerprint density at radius 3 is 2.31 bits per heavy atom. The van der Waals surface area contributed by atoms with Crippen LogP contribution in [0.4, 0.5) is 0 Å². The number of nitrogens with zero attached hydrogens (tertiary/aromatic N) is 1. The minimum absolute atomic E-state index is 0.750. The van der Waals surface area contributed by atoms with Crippen LogP contribution >= 0.6 is 22.9 Å². The van der Waals surface area contributed by atoms with Crippen LogP contribution in [0.2, 0.25) is 5.02 Å². The molecule has 0 saturated carbocycles.